The Morgan fingerprint density at radius 3 is 2.86 bits per heavy atom. The van der Waals surface area contributed by atoms with Crippen LogP contribution in [0, 0.1) is 0 Å². The Balaban J connectivity index is 2.57. The lowest BCUT2D eigenvalue weighted by Crippen LogP contribution is -2.50. The summed E-state index contributed by atoms with van der Waals surface area (Å²) in [5, 5.41) is 3.46. The molecule has 1 heterocycles. The monoisotopic (exact) mass is 211 g/mol. The van der Waals surface area contributed by atoms with Crippen LogP contribution in [0.5, 0.6) is 0 Å². The van der Waals surface area contributed by atoms with Crippen LogP contribution in [0.4, 0.5) is 11.4 Å². The van der Waals surface area contributed by atoms with E-state index in [1.54, 1.807) is 6.07 Å². The first-order valence-electron chi connectivity index (χ1n) is 4.42. The van der Waals surface area contributed by atoms with E-state index in [9.17, 15) is 4.79 Å². The van der Waals surface area contributed by atoms with Crippen LogP contribution >= 0.6 is 11.6 Å². The lowest BCUT2D eigenvalue weighted by Gasteiger charge is -2.34. The first-order chi connectivity index (χ1) is 6.49. The van der Waals surface area contributed by atoms with Gasteiger partial charge in [0.1, 0.15) is 5.69 Å². The van der Waals surface area contributed by atoms with Gasteiger partial charge in [0.05, 0.1) is 14.1 Å². The van der Waals surface area contributed by atoms with Crippen molar-refractivity contribution in [3.05, 3.63) is 23.2 Å². The van der Waals surface area contributed by atoms with Crippen LogP contribution in [-0.4, -0.2) is 26.5 Å². The van der Waals surface area contributed by atoms with Gasteiger partial charge in [-0.1, -0.05) is 11.6 Å². The van der Waals surface area contributed by atoms with Crippen LogP contribution in [0.15, 0.2) is 18.2 Å². The molecule has 0 fully saturated rings. The molecule has 0 saturated carbocycles. The van der Waals surface area contributed by atoms with Crippen molar-refractivity contribution < 1.29 is 4.79 Å². The predicted octanol–water partition coefficient (Wildman–Crippen LogP) is 1.86. The van der Waals surface area contributed by atoms with Crippen molar-refractivity contribution in [1.82, 2.24) is 4.48 Å². The van der Waals surface area contributed by atoms with Crippen LogP contribution < -0.4 is 9.80 Å². The lowest BCUT2D eigenvalue weighted by molar-refractivity contribution is -0.117. The molecule has 1 aromatic rings. The lowest BCUT2D eigenvalue weighted by atomic mass is 10.1. The summed E-state index contributed by atoms with van der Waals surface area (Å²) in [6.45, 7) is 0.467. The van der Waals surface area contributed by atoms with Gasteiger partial charge in [-0.3, -0.25) is 9.28 Å². The van der Waals surface area contributed by atoms with Crippen molar-refractivity contribution in [2.45, 2.75) is 0 Å². The highest BCUT2D eigenvalue weighted by Gasteiger charge is 2.31. The summed E-state index contributed by atoms with van der Waals surface area (Å²) in [7, 11) is 4.01. The summed E-state index contributed by atoms with van der Waals surface area (Å²) < 4.78 is 0.568. The number of likely N-dealkylation sites (N-methyl/N-ethyl adjacent to an activating group) is 1. The second kappa shape index (κ2) is 2.97. The molecule has 0 bridgehead atoms. The summed E-state index contributed by atoms with van der Waals surface area (Å²) in [6.07, 6.45) is 0. The first kappa shape index (κ1) is 9.49. The number of amides is 1. The molecule has 1 N–H and O–H groups in total. The molecule has 0 saturated heterocycles. The van der Waals surface area contributed by atoms with E-state index < -0.39 is 0 Å². The molecule has 0 atom stereocenters. The number of nitrogens with one attached hydrogen (secondary N) is 1. The Hall–Kier alpha value is -1.06. The Labute approximate surface area is 87.9 Å². The van der Waals surface area contributed by atoms with Crippen molar-refractivity contribution in [2.75, 3.05) is 26.0 Å². The Morgan fingerprint density at radius 1 is 1.43 bits per heavy atom. The summed E-state index contributed by atoms with van der Waals surface area (Å²) in [6, 6.07) is 5.59. The van der Waals surface area contributed by atoms with Gasteiger partial charge in [0, 0.05) is 11.1 Å². The highest BCUT2D eigenvalue weighted by atomic mass is 35.5. The second-order valence-electron chi connectivity index (χ2n) is 4.05. The third kappa shape index (κ3) is 1.49. The minimum Gasteiger partial charge on any atom is -0.316 e. The van der Waals surface area contributed by atoms with Gasteiger partial charge in [-0.05, 0) is 12.1 Å². The van der Waals surface area contributed by atoms with Crippen molar-refractivity contribution in [2.24, 2.45) is 0 Å². The van der Waals surface area contributed by atoms with Crippen molar-refractivity contribution in [3.8, 4) is 0 Å². The van der Waals surface area contributed by atoms with E-state index in [1.165, 1.54) is 0 Å². The largest absolute Gasteiger partial charge is 0.316 e. The number of carbonyl (C=O) groups is 1. The Morgan fingerprint density at radius 2 is 2.14 bits per heavy atom. The molecule has 4 heteroatoms. The van der Waals surface area contributed by atoms with E-state index in [2.05, 4.69) is 5.32 Å². The molecule has 1 aliphatic heterocycles. The van der Waals surface area contributed by atoms with Gasteiger partial charge in [0.25, 0.3) is 5.91 Å². The van der Waals surface area contributed by atoms with Gasteiger partial charge in [-0.2, -0.15) is 0 Å². The van der Waals surface area contributed by atoms with Crippen molar-refractivity contribution >= 4 is 28.9 Å². The minimum atomic E-state index is 0.0322. The molecule has 0 radical (unpaired) electrons. The van der Waals surface area contributed by atoms with Gasteiger partial charge >= 0.3 is 0 Å². The third-order valence-corrected chi connectivity index (χ3v) is 2.66. The SMILES string of the molecule is C[N+]1(C)CC(=O)Nc2cc(Cl)ccc21. The topological polar surface area (TPSA) is 29.1 Å². The molecule has 3 nitrogen and oxygen atoms in total. The number of quaternary nitrogens is 1. The smallest absolute Gasteiger partial charge is 0.280 e. The molecule has 1 aliphatic rings. The summed E-state index contributed by atoms with van der Waals surface area (Å²) in [4.78, 5) is 11.4. The van der Waals surface area contributed by atoms with Crippen LogP contribution in [0.1, 0.15) is 0 Å². The summed E-state index contributed by atoms with van der Waals surface area (Å²) in [5.74, 6) is 0.0322. The van der Waals surface area contributed by atoms with E-state index in [1.807, 2.05) is 26.2 Å². The molecule has 0 aliphatic carbocycles. The average molecular weight is 212 g/mol. The maximum absolute atomic E-state index is 11.4. The van der Waals surface area contributed by atoms with E-state index >= 15 is 0 Å². The van der Waals surface area contributed by atoms with Gasteiger partial charge in [-0.25, -0.2) is 0 Å². The first-order valence-corrected chi connectivity index (χ1v) is 4.80. The maximum atomic E-state index is 11.4. The number of rotatable bonds is 0. The summed E-state index contributed by atoms with van der Waals surface area (Å²) >= 11 is 5.86. The highest BCUT2D eigenvalue weighted by molar-refractivity contribution is 6.31. The molecule has 0 spiro atoms. The van der Waals surface area contributed by atoms with Gasteiger partial charge in [0.2, 0.25) is 0 Å². The van der Waals surface area contributed by atoms with Crippen molar-refractivity contribution in [3.63, 3.8) is 0 Å². The van der Waals surface area contributed by atoms with E-state index in [-0.39, 0.29) is 5.91 Å². The standard InChI is InChI=1S/C10H11ClN2O/c1-13(2)6-10(14)12-8-5-7(11)3-4-9(8)13/h3-5H,6H2,1-2H3/p+1. The van der Waals surface area contributed by atoms with E-state index in [4.69, 9.17) is 11.6 Å². The number of anilines is 1. The molecule has 1 aromatic carbocycles. The number of nitrogens with zero attached hydrogens (tertiary/aromatic N) is 1. The zero-order valence-corrected chi connectivity index (χ0v) is 8.93. The van der Waals surface area contributed by atoms with Gasteiger partial charge in [0.15, 0.2) is 12.2 Å². The predicted molar refractivity (Wildman–Crippen MR) is 58.6 cm³/mol. The van der Waals surface area contributed by atoms with Crippen LogP contribution in [0.3, 0.4) is 0 Å². The number of carbonyl (C=O) groups excluding carboxylic acids is 1. The quantitative estimate of drug-likeness (QED) is 0.653. The van der Waals surface area contributed by atoms with Crippen LogP contribution in [-0.2, 0) is 4.79 Å². The number of fused-ring (bicyclic) bond motifs is 1. The second-order valence-corrected chi connectivity index (χ2v) is 4.49. The maximum Gasteiger partial charge on any atom is 0.280 e. The van der Waals surface area contributed by atoms with Crippen molar-refractivity contribution in [1.29, 1.82) is 0 Å². The zero-order valence-electron chi connectivity index (χ0n) is 8.17. The normalized spacial score (nSPS) is 18.6. The fourth-order valence-electron chi connectivity index (χ4n) is 1.77. The Kier molecular flexibility index (Phi) is 2.01. The van der Waals surface area contributed by atoms with E-state index in [0.717, 1.165) is 11.4 Å². The highest BCUT2D eigenvalue weighted by Crippen LogP contribution is 2.34. The third-order valence-electron chi connectivity index (χ3n) is 2.42. The minimum absolute atomic E-state index is 0.0322. The Bertz CT molecular complexity index is 401. The molecule has 14 heavy (non-hydrogen) atoms. The molecule has 1 amide bonds. The number of halogens is 1. The molecule has 2 rings (SSSR count). The van der Waals surface area contributed by atoms with Gasteiger partial charge in [-0.15, -0.1) is 0 Å². The fourth-order valence-corrected chi connectivity index (χ4v) is 1.94. The number of hydrogen-bond acceptors (Lipinski definition) is 1. The zero-order chi connectivity index (χ0) is 10.3. The van der Waals surface area contributed by atoms with Crippen LogP contribution in [0.25, 0.3) is 0 Å². The average Bonchev–Trinajstić information content (AvgIpc) is 2.00. The molecular formula is C10H12ClN2O+. The number of hydrogen-bond donors (Lipinski definition) is 1. The molecule has 74 valence electrons. The molecular weight excluding hydrogens is 200 g/mol. The molecule has 0 unspecified atom stereocenters. The van der Waals surface area contributed by atoms with Gasteiger partial charge < -0.3 is 5.32 Å². The van der Waals surface area contributed by atoms with Crippen LogP contribution in [0.2, 0.25) is 5.02 Å². The fraction of sp³-hybridized carbons (Fsp3) is 0.300. The summed E-state index contributed by atoms with van der Waals surface area (Å²) in [5.41, 5.74) is 1.91. The van der Waals surface area contributed by atoms with E-state index in [0.29, 0.717) is 16.1 Å². The molecule has 0 aromatic heterocycles. The number of benzene rings is 1.